The highest BCUT2D eigenvalue weighted by Gasteiger charge is 2.42. The summed E-state index contributed by atoms with van der Waals surface area (Å²) in [7, 11) is 0. The molecule has 0 amide bonds. The first-order valence-electron chi connectivity index (χ1n) is 7.70. The van der Waals surface area contributed by atoms with Gasteiger partial charge in [-0.25, -0.2) is 4.79 Å². The van der Waals surface area contributed by atoms with Crippen molar-refractivity contribution in [3.63, 3.8) is 0 Å². The van der Waals surface area contributed by atoms with E-state index in [9.17, 15) is 18.4 Å². The molecule has 0 bridgehead atoms. The smallest absolute Gasteiger partial charge is 0.381 e. The Morgan fingerprint density at radius 2 is 1.70 bits per heavy atom. The maximum absolute atomic E-state index is 13.8. The van der Waals surface area contributed by atoms with E-state index >= 15 is 0 Å². The minimum atomic E-state index is -3.62. The fraction of sp³-hybridized carbons (Fsp3) is 0.529. The Morgan fingerprint density at radius 1 is 1.09 bits per heavy atom. The summed E-state index contributed by atoms with van der Waals surface area (Å²) >= 11 is 5.25. The first-order chi connectivity index (χ1) is 10.9. The second kappa shape index (κ2) is 9.60. The molecular formula is C17H21ClF2O3. The Labute approximate surface area is 140 Å². The van der Waals surface area contributed by atoms with Crippen molar-refractivity contribution in [1.29, 1.82) is 0 Å². The number of alkyl halides is 2. The maximum atomic E-state index is 13.8. The van der Waals surface area contributed by atoms with Crippen molar-refractivity contribution in [1.82, 2.24) is 0 Å². The minimum Gasteiger partial charge on any atom is -0.461 e. The molecule has 0 unspecified atom stereocenters. The predicted octanol–water partition coefficient (Wildman–Crippen LogP) is 4.60. The zero-order valence-corrected chi connectivity index (χ0v) is 13.9. The Balaban J connectivity index is 2.44. The highest BCUT2D eigenvalue weighted by Crippen LogP contribution is 2.29. The van der Waals surface area contributed by atoms with E-state index in [1.54, 1.807) is 12.1 Å². The van der Waals surface area contributed by atoms with Crippen LogP contribution in [0.2, 0.25) is 0 Å². The summed E-state index contributed by atoms with van der Waals surface area (Å²) in [6, 6.07) is 5.73. The van der Waals surface area contributed by atoms with Gasteiger partial charge >= 0.3 is 11.9 Å². The normalized spacial score (nSPS) is 11.3. The molecule has 1 aromatic carbocycles. The Hall–Kier alpha value is -1.49. The van der Waals surface area contributed by atoms with Gasteiger partial charge in [-0.15, -0.1) is 0 Å². The summed E-state index contributed by atoms with van der Waals surface area (Å²) in [6.07, 6.45) is 4.69. The van der Waals surface area contributed by atoms with Crippen LogP contribution in [0.25, 0.3) is 0 Å². The van der Waals surface area contributed by atoms with Crippen molar-refractivity contribution in [2.45, 2.75) is 51.4 Å². The van der Waals surface area contributed by atoms with Gasteiger partial charge in [-0.05, 0) is 43.4 Å². The van der Waals surface area contributed by atoms with E-state index in [0.717, 1.165) is 37.7 Å². The van der Waals surface area contributed by atoms with Crippen molar-refractivity contribution in [2.24, 2.45) is 0 Å². The molecule has 1 rings (SSSR count). The van der Waals surface area contributed by atoms with Crippen molar-refractivity contribution in [2.75, 3.05) is 6.61 Å². The molecule has 0 radical (unpaired) electrons. The minimum absolute atomic E-state index is 0.0815. The largest absolute Gasteiger partial charge is 0.461 e. The van der Waals surface area contributed by atoms with Gasteiger partial charge < -0.3 is 4.74 Å². The van der Waals surface area contributed by atoms with Crippen LogP contribution >= 0.6 is 11.6 Å². The zero-order chi connectivity index (χ0) is 17.3. The first-order valence-corrected chi connectivity index (χ1v) is 8.08. The number of esters is 1. The number of hydrogen-bond acceptors (Lipinski definition) is 3. The van der Waals surface area contributed by atoms with Crippen LogP contribution in [-0.2, 0) is 26.7 Å². The molecule has 0 N–H and O–H groups in total. The third-order valence-electron chi connectivity index (χ3n) is 3.44. The molecule has 0 saturated carbocycles. The lowest BCUT2D eigenvalue weighted by molar-refractivity contribution is -0.173. The summed E-state index contributed by atoms with van der Waals surface area (Å²) in [5, 5.41) is -0.317. The monoisotopic (exact) mass is 346 g/mol. The summed E-state index contributed by atoms with van der Waals surface area (Å²) < 4.78 is 32.0. The predicted molar refractivity (Wildman–Crippen MR) is 84.6 cm³/mol. The number of aryl methyl sites for hydroxylation is 1. The number of halogens is 3. The Kier molecular flexibility index (Phi) is 8.17. The summed E-state index contributed by atoms with van der Waals surface area (Å²) in [5.41, 5.74) is 0.571. The quantitative estimate of drug-likeness (QED) is 0.353. The molecule has 1 aromatic rings. The van der Waals surface area contributed by atoms with Crippen molar-refractivity contribution < 1.29 is 23.1 Å². The van der Waals surface area contributed by atoms with Crippen LogP contribution in [0.1, 0.15) is 50.2 Å². The molecular weight excluding hydrogens is 326 g/mol. The molecule has 0 spiro atoms. The molecule has 0 aromatic heterocycles. The van der Waals surface area contributed by atoms with Crippen LogP contribution in [0.4, 0.5) is 8.78 Å². The standard InChI is InChI=1S/C17H21ClF2O3/c1-2-23-16(22)17(19,20)14-11-9-13(10-12-14)7-5-3-4-6-8-15(18)21/h9-12H,2-8H2,1H3. The van der Waals surface area contributed by atoms with E-state index in [1.165, 1.54) is 19.1 Å². The van der Waals surface area contributed by atoms with Crippen molar-refractivity contribution in [3.05, 3.63) is 35.4 Å². The highest BCUT2D eigenvalue weighted by atomic mass is 35.5. The lowest BCUT2D eigenvalue weighted by Gasteiger charge is -2.15. The van der Waals surface area contributed by atoms with Gasteiger partial charge in [0.05, 0.1) is 6.61 Å². The third kappa shape index (κ3) is 6.65. The molecule has 0 aliphatic heterocycles. The molecule has 0 heterocycles. The molecule has 0 fully saturated rings. The molecule has 0 aliphatic carbocycles. The fourth-order valence-corrected chi connectivity index (χ4v) is 2.30. The molecule has 0 aliphatic rings. The average Bonchev–Trinajstić information content (AvgIpc) is 2.51. The lowest BCUT2D eigenvalue weighted by Crippen LogP contribution is -2.28. The molecule has 23 heavy (non-hydrogen) atoms. The van der Waals surface area contributed by atoms with E-state index in [-0.39, 0.29) is 17.4 Å². The number of carbonyl (C=O) groups is 2. The number of ether oxygens (including phenoxy) is 1. The van der Waals surface area contributed by atoms with Crippen LogP contribution < -0.4 is 0 Å². The van der Waals surface area contributed by atoms with Gasteiger partial charge in [-0.3, -0.25) is 4.79 Å². The van der Waals surface area contributed by atoms with Crippen LogP contribution in [0.5, 0.6) is 0 Å². The zero-order valence-electron chi connectivity index (χ0n) is 13.1. The van der Waals surface area contributed by atoms with Crippen molar-refractivity contribution in [3.8, 4) is 0 Å². The van der Waals surface area contributed by atoms with E-state index in [1.807, 2.05) is 0 Å². The van der Waals surface area contributed by atoms with Gasteiger partial charge in [-0.2, -0.15) is 8.78 Å². The Morgan fingerprint density at radius 3 is 2.26 bits per heavy atom. The van der Waals surface area contributed by atoms with Gasteiger partial charge in [0.1, 0.15) is 0 Å². The summed E-state index contributed by atoms with van der Waals surface area (Å²) in [5.74, 6) is -5.15. The van der Waals surface area contributed by atoms with Gasteiger partial charge in [0.2, 0.25) is 5.24 Å². The molecule has 0 saturated heterocycles. The van der Waals surface area contributed by atoms with E-state index in [0.29, 0.717) is 6.42 Å². The first kappa shape index (κ1) is 19.6. The SMILES string of the molecule is CCOC(=O)C(F)(F)c1ccc(CCCCCCC(=O)Cl)cc1. The number of unbranched alkanes of at least 4 members (excludes halogenated alkanes) is 3. The Bertz CT molecular complexity index is 515. The van der Waals surface area contributed by atoms with E-state index in [4.69, 9.17) is 11.6 Å². The second-order valence-corrected chi connectivity index (χ2v) is 5.68. The van der Waals surface area contributed by atoms with Gasteiger partial charge in [0.25, 0.3) is 0 Å². The maximum Gasteiger partial charge on any atom is 0.381 e. The molecule has 6 heteroatoms. The van der Waals surface area contributed by atoms with Crippen LogP contribution in [0.3, 0.4) is 0 Å². The summed E-state index contributed by atoms with van der Waals surface area (Å²) in [4.78, 5) is 21.8. The van der Waals surface area contributed by atoms with E-state index < -0.39 is 11.9 Å². The topological polar surface area (TPSA) is 43.4 Å². The van der Waals surface area contributed by atoms with E-state index in [2.05, 4.69) is 4.74 Å². The lowest BCUT2D eigenvalue weighted by atomic mass is 10.0. The molecule has 128 valence electrons. The van der Waals surface area contributed by atoms with Gasteiger partial charge in [-0.1, -0.05) is 37.1 Å². The average molecular weight is 347 g/mol. The molecule has 3 nitrogen and oxygen atoms in total. The number of benzene rings is 1. The van der Waals surface area contributed by atoms with Crippen LogP contribution in [0, 0.1) is 0 Å². The number of hydrogen-bond donors (Lipinski definition) is 0. The number of carbonyl (C=O) groups excluding carboxylic acids is 2. The van der Waals surface area contributed by atoms with Crippen LogP contribution in [-0.4, -0.2) is 17.8 Å². The fourth-order valence-electron chi connectivity index (χ4n) is 2.17. The van der Waals surface area contributed by atoms with Crippen molar-refractivity contribution >= 4 is 22.8 Å². The third-order valence-corrected chi connectivity index (χ3v) is 3.63. The highest BCUT2D eigenvalue weighted by molar-refractivity contribution is 6.63. The van der Waals surface area contributed by atoms with Crippen LogP contribution in [0.15, 0.2) is 24.3 Å². The van der Waals surface area contributed by atoms with Gasteiger partial charge in [0.15, 0.2) is 0 Å². The van der Waals surface area contributed by atoms with Gasteiger partial charge in [0, 0.05) is 12.0 Å². The second-order valence-electron chi connectivity index (χ2n) is 5.26. The number of rotatable bonds is 10. The molecule has 0 atom stereocenters. The summed E-state index contributed by atoms with van der Waals surface area (Å²) in [6.45, 7) is 1.40.